The molecule has 0 aromatic heterocycles. The molecule has 0 bridgehead atoms. The Kier molecular flexibility index (Phi) is 6.90. The number of hydrogen-bond donors (Lipinski definition) is 2. The van der Waals surface area contributed by atoms with Crippen LogP contribution in [0.25, 0.3) is 0 Å². The van der Waals surface area contributed by atoms with Crippen molar-refractivity contribution in [2.24, 2.45) is 0 Å². The maximum Gasteiger partial charge on any atom is 0.233 e. The lowest BCUT2D eigenvalue weighted by Gasteiger charge is -2.14. The van der Waals surface area contributed by atoms with Crippen LogP contribution in [0.1, 0.15) is 12.0 Å². The van der Waals surface area contributed by atoms with Gasteiger partial charge in [-0.15, -0.1) is 0 Å². The molecule has 27 heavy (non-hydrogen) atoms. The van der Waals surface area contributed by atoms with E-state index in [9.17, 15) is 9.59 Å². The van der Waals surface area contributed by atoms with E-state index in [2.05, 4.69) is 10.6 Å². The number of halogens is 1. The fourth-order valence-corrected chi connectivity index (χ4v) is 2.64. The third-order valence-electron chi connectivity index (χ3n) is 3.70. The number of methoxy groups -OCH3 is 3. The molecule has 7 nitrogen and oxygen atoms in total. The molecule has 2 aromatic carbocycles. The molecule has 0 atom stereocenters. The van der Waals surface area contributed by atoms with Crippen molar-refractivity contribution in [3.63, 3.8) is 0 Å². The highest BCUT2D eigenvalue weighted by Gasteiger charge is 2.16. The molecule has 0 spiro atoms. The number of carbonyl (C=O) groups excluding carboxylic acids is 2. The Morgan fingerprint density at radius 3 is 1.96 bits per heavy atom. The topological polar surface area (TPSA) is 85.9 Å². The van der Waals surface area contributed by atoms with Crippen molar-refractivity contribution in [1.29, 1.82) is 0 Å². The largest absolute Gasteiger partial charge is 0.495 e. The number of amides is 2. The van der Waals surface area contributed by atoms with Crippen molar-refractivity contribution in [2.75, 3.05) is 32.0 Å². The Morgan fingerprint density at radius 2 is 1.41 bits per heavy atom. The summed E-state index contributed by atoms with van der Waals surface area (Å²) >= 11 is 6.04. The lowest BCUT2D eigenvalue weighted by molar-refractivity contribution is -0.123. The summed E-state index contributed by atoms with van der Waals surface area (Å²) in [6.45, 7) is 1.89. The molecule has 2 aromatic rings. The van der Waals surface area contributed by atoms with E-state index in [1.54, 1.807) is 12.1 Å². The predicted molar refractivity (Wildman–Crippen MR) is 104 cm³/mol. The van der Waals surface area contributed by atoms with Gasteiger partial charge in [-0.1, -0.05) is 17.7 Å². The number of rotatable bonds is 7. The van der Waals surface area contributed by atoms with Crippen molar-refractivity contribution in [1.82, 2.24) is 0 Å². The standard InChI is InChI=1S/C19H21ClN2O5/c1-11-5-6-15(25-2)13(7-11)21-18(23)10-19(24)22-14-9-16(26-3)12(20)8-17(14)27-4/h5-9H,10H2,1-4H3,(H,21,23)(H,22,24). The SMILES string of the molecule is COc1cc(NC(=O)CC(=O)Nc2cc(C)ccc2OC)c(OC)cc1Cl. The molecule has 0 aliphatic carbocycles. The van der Waals surface area contributed by atoms with E-state index >= 15 is 0 Å². The molecule has 0 saturated carbocycles. The number of hydrogen-bond acceptors (Lipinski definition) is 5. The highest BCUT2D eigenvalue weighted by atomic mass is 35.5. The Balaban J connectivity index is 2.08. The molecule has 0 radical (unpaired) electrons. The molecular formula is C19H21ClN2O5. The zero-order valence-corrected chi connectivity index (χ0v) is 16.3. The van der Waals surface area contributed by atoms with Crippen LogP contribution in [0.3, 0.4) is 0 Å². The van der Waals surface area contributed by atoms with Gasteiger partial charge in [0.2, 0.25) is 11.8 Å². The average molecular weight is 393 g/mol. The monoisotopic (exact) mass is 392 g/mol. The second-order valence-electron chi connectivity index (χ2n) is 5.66. The summed E-state index contributed by atoms with van der Waals surface area (Å²) in [5, 5.41) is 5.65. The molecule has 0 fully saturated rings. The van der Waals surface area contributed by atoms with E-state index in [0.717, 1.165) is 5.56 Å². The molecular weight excluding hydrogens is 372 g/mol. The van der Waals surface area contributed by atoms with E-state index in [-0.39, 0.29) is 6.42 Å². The highest BCUT2D eigenvalue weighted by molar-refractivity contribution is 6.32. The van der Waals surface area contributed by atoms with Gasteiger partial charge in [0.1, 0.15) is 23.7 Å². The van der Waals surface area contributed by atoms with Gasteiger partial charge in [0.05, 0.1) is 37.7 Å². The average Bonchev–Trinajstić information content (AvgIpc) is 2.62. The van der Waals surface area contributed by atoms with E-state index in [1.165, 1.54) is 33.5 Å². The normalized spacial score (nSPS) is 10.1. The Hall–Kier alpha value is -2.93. The van der Waals surface area contributed by atoms with Crippen LogP contribution in [0.15, 0.2) is 30.3 Å². The molecule has 2 amide bonds. The smallest absolute Gasteiger partial charge is 0.233 e. The minimum absolute atomic E-state index is 0.344. The minimum Gasteiger partial charge on any atom is -0.495 e. The third-order valence-corrected chi connectivity index (χ3v) is 3.99. The summed E-state index contributed by atoms with van der Waals surface area (Å²) in [6.07, 6.45) is -0.384. The Bertz CT molecular complexity index is 854. The number of carbonyl (C=O) groups is 2. The zero-order valence-electron chi connectivity index (χ0n) is 15.5. The van der Waals surface area contributed by atoms with Crippen molar-refractivity contribution in [2.45, 2.75) is 13.3 Å². The second-order valence-corrected chi connectivity index (χ2v) is 6.07. The number of nitrogens with one attached hydrogen (secondary N) is 2. The van der Waals surface area contributed by atoms with Gasteiger partial charge in [-0.3, -0.25) is 9.59 Å². The van der Waals surface area contributed by atoms with Crippen LogP contribution in [0.2, 0.25) is 5.02 Å². The maximum absolute atomic E-state index is 12.3. The Labute approximate surface area is 162 Å². The van der Waals surface area contributed by atoms with Crippen LogP contribution < -0.4 is 24.8 Å². The second kappa shape index (κ2) is 9.14. The van der Waals surface area contributed by atoms with Gasteiger partial charge >= 0.3 is 0 Å². The molecule has 0 saturated heterocycles. The fourth-order valence-electron chi connectivity index (χ4n) is 2.41. The molecule has 144 valence electrons. The van der Waals surface area contributed by atoms with Crippen LogP contribution >= 0.6 is 11.6 Å². The number of anilines is 2. The summed E-state index contributed by atoms with van der Waals surface area (Å²) in [5.41, 5.74) is 1.80. The first-order valence-corrected chi connectivity index (χ1v) is 8.41. The van der Waals surface area contributed by atoms with Gasteiger partial charge in [0, 0.05) is 12.1 Å². The summed E-state index contributed by atoms with van der Waals surface area (Å²) in [7, 11) is 4.42. The van der Waals surface area contributed by atoms with E-state index in [4.69, 9.17) is 25.8 Å². The van der Waals surface area contributed by atoms with Gasteiger partial charge in [-0.2, -0.15) is 0 Å². The number of benzene rings is 2. The third kappa shape index (κ3) is 5.27. The quantitative estimate of drug-likeness (QED) is 0.702. The van der Waals surface area contributed by atoms with E-state index in [1.807, 2.05) is 13.0 Å². The summed E-state index contributed by atoms with van der Waals surface area (Å²) in [4.78, 5) is 24.5. The lowest BCUT2D eigenvalue weighted by Crippen LogP contribution is -2.22. The molecule has 0 aliphatic rings. The molecule has 2 N–H and O–H groups in total. The highest BCUT2D eigenvalue weighted by Crippen LogP contribution is 2.36. The van der Waals surface area contributed by atoms with Crippen molar-refractivity contribution in [3.05, 3.63) is 40.9 Å². The summed E-state index contributed by atoms with van der Waals surface area (Å²) in [6, 6.07) is 8.42. The van der Waals surface area contributed by atoms with Gasteiger partial charge < -0.3 is 24.8 Å². The molecule has 2 rings (SSSR count). The van der Waals surface area contributed by atoms with Gasteiger partial charge in [-0.05, 0) is 24.6 Å². The van der Waals surface area contributed by atoms with Crippen molar-refractivity contribution in [3.8, 4) is 17.2 Å². The minimum atomic E-state index is -0.512. The summed E-state index contributed by atoms with van der Waals surface area (Å²) in [5.74, 6) is 0.258. The molecule has 0 unspecified atom stereocenters. The fraction of sp³-hybridized carbons (Fsp3) is 0.263. The van der Waals surface area contributed by atoms with E-state index < -0.39 is 11.8 Å². The van der Waals surface area contributed by atoms with Crippen LogP contribution in [0, 0.1) is 6.92 Å². The molecule has 0 heterocycles. The lowest BCUT2D eigenvalue weighted by atomic mass is 10.2. The van der Waals surface area contributed by atoms with Gasteiger partial charge in [0.15, 0.2) is 0 Å². The number of aryl methyl sites for hydroxylation is 1. The van der Waals surface area contributed by atoms with E-state index in [0.29, 0.717) is 33.6 Å². The first-order chi connectivity index (χ1) is 12.9. The number of ether oxygens (including phenoxy) is 3. The van der Waals surface area contributed by atoms with Crippen LogP contribution in [-0.2, 0) is 9.59 Å². The summed E-state index contributed by atoms with van der Waals surface area (Å²) < 4.78 is 15.5. The van der Waals surface area contributed by atoms with Gasteiger partial charge in [0.25, 0.3) is 0 Å². The Morgan fingerprint density at radius 1 is 0.852 bits per heavy atom. The first kappa shape index (κ1) is 20.4. The van der Waals surface area contributed by atoms with Crippen LogP contribution in [0.5, 0.6) is 17.2 Å². The first-order valence-electron chi connectivity index (χ1n) is 8.03. The zero-order chi connectivity index (χ0) is 20.0. The van der Waals surface area contributed by atoms with Crippen LogP contribution in [0.4, 0.5) is 11.4 Å². The molecule has 8 heteroatoms. The van der Waals surface area contributed by atoms with Crippen molar-refractivity contribution < 1.29 is 23.8 Å². The molecule has 0 aliphatic heterocycles. The maximum atomic E-state index is 12.3. The van der Waals surface area contributed by atoms with Gasteiger partial charge in [-0.25, -0.2) is 0 Å². The van der Waals surface area contributed by atoms with Crippen molar-refractivity contribution >= 4 is 34.8 Å². The predicted octanol–water partition coefficient (Wildman–Crippen LogP) is 3.64. The van der Waals surface area contributed by atoms with Crippen LogP contribution in [-0.4, -0.2) is 33.1 Å².